The van der Waals surface area contributed by atoms with Crippen LogP contribution in [0.5, 0.6) is 0 Å². The Labute approximate surface area is 163 Å². The number of H-pyrrole nitrogens is 1. The summed E-state index contributed by atoms with van der Waals surface area (Å²) in [6.07, 6.45) is 9.19. The van der Waals surface area contributed by atoms with Crippen molar-refractivity contribution in [1.29, 1.82) is 0 Å². The van der Waals surface area contributed by atoms with Crippen LogP contribution >= 0.6 is 0 Å². The van der Waals surface area contributed by atoms with Crippen molar-refractivity contribution >= 4 is 0 Å². The summed E-state index contributed by atoms with van der Waals surface area (Å²) < 4.78 is 1.62. The van der Waals surface area contributed by atoms with E-state index in [9.17, 15) is 4.79 Å². The molecule has 7 nitrogen and oxygen atoms in total. The van der Waals surface area contributed by atoms with E-state index in [1.165, 1.54) is 23.4 Å². The number of aryl methyl sites for hydroxylation is 1. The molecule has 1 N–H and O–H groups in total. The Morgan fingerprint density at radius 3 is 2.89 bits per heavy atom. The van der Waals surface area contributed by atoms with Crippen LogP contribution in [-0.2, 0) is 25.9 Å². The summed E-state index contributed by atoms with van der Waals surface area (Å²) in [5.74, 6) is 0. The molecule has 0 spiro atoms. The summed E-state index contributed by atoms with van der Waals surface area (Å²) in [5, 5.41) is 12.4. The fourth-order valence-corrected chi connectivity index (χ4v) is 4.48. The van der Waals surface area contributed by atoms with Gasteiger partial charge in [-0.25, -0.2) is 4.68 Å². The van der Waals surface area contributed by atoms with E-state index in [2.05, 4.69) is 25.2 Å². The Kier molecular flexibility index (Phi) is 4.52. The number of likely N-dealkylation sites (tertiary alicyclic amines) is 1. The Balaban J connectivity index is 1.35. The van der Waals surface area contributed by atoms with Gasteiger partial charge in [-0.15, -0.1) is 0 Å². The lowest BCUT2D eigenvalue weighted by molar-refractivity contribution is 0.214. The molecule has 28 heavy (non-hydrogen) atoms. The van der Waals surface area contributed by atoms with Gasteiger partial charge >= 0.3 is 0 Å². The minimum atomic E-state index is -0.0506. The van der Waals surface area contributed by atoms with Crippen LogP contribution in [0.15, 0.2) is 41.5 Å². The first-order valence-electron chi connectivity index (χ1n) is 10.1. The molecular formula is C21H24N6O. The molecule has 0 radical (unpaired) electrons. The lowest BCUT2D eigenvalue weighted by atomic mass is 10.1. The molecule has 0 saturated carbocycles. The monoisotopic (exact) mass is 376 g/mol. The molecule has 0 aromatic carbocycles. The van der Waals surface area contributed by atoms with Gasteiger partial charge in [-0.3, -0.25) is 19.8 Å². The summed E-state index contributed by atoms with van der Waals surface area (Å²) in [6.45, 7) is 2.52. The van der Waals surface area contributed by atoms with E-state index in [4.69, 9.17) is 0 Å². The van der Waals surface area contributed by atoms with Gasteiger partial charge in [-0.05, 0) is 62.4 Å². The van der Waals surface area contributed by atoms with Gasteiger partial charge in [-0.1, -0.05) is 0 Å². The molecule has 1 fully saturated rings. The first kappa shape index (κ1) is 17.3. The number of aromatic amines is 1. The lowest BCUT2D eigenvalue weighted by Crippen LogP contribution is -2.37. The second-order valence-electron chi connectivity index (χ2n) is 7.72. The Morgan fingerprint density at radius 1 is 1.11 bits per heavy atom. The van der Waals surface area contributed by atoms with Crippen molar-refractivity contribution in [3.63, 3.8) is 0 Å². The molecule has 4 heterocycles. The molecule has 1 aliphatic carbocycles. The van der Waals surface area contributed by atoms with E-state index in [1.54, 1.807) is 29.2 Å². The van der Waals surface area contributed by atoms with Crippen LogP contribution in [0.2, 0.25) is 0 Å². The van der Waals surface area contributed by atoms with Crippen LogP contribution in [0.1, 0.15) is 36.2 Å². The van der Waals surface area contributed by atoms with Crippen LogP contribution < -0.4 is 5.56 Å². The van der Waals surface area contributed by atoms with Crippen LogP contribution in [0.3, 0.4) is 0 Å². The first-order chi connectivity index (χ1) is 13.8. The summed E-state index contributed by atoms with van der Waals surface area (Å²) in [6, 6.07) is 7.54. The van der Waals surface area contributed by atoms with Crippen molar-refractivity contribution in [3.8, 4) is 11.3 Å². The van der Waals surface area contributed by atoms with Crippen LogP contribution in [-0.4, -0.2) is 42.4 Å². The minimum Gasteiger partial charge on any atom is -0.293 e. The fourth-order valence-electron chi connectivity index (χ4n) is 4.48. The number of nitrogens with zero attached hydrogens (tertiary/aromatic N) is 5. The average Bonchev–Trinajstić information content (AvgIpc) is 3.44. The topological polar surface area (TPSA) is 79.7 Å². The average molecular weight is 376 g/mol. The SMILES string of the molecule is O=c1ccc(-c2ccncc2)nn1CC1CCCN1Cc1n[nH]c2c1CCC2. The molecule has 144 valence electrons. The highest BCUT2D eigenvalue weighted by atomic mass is 16.1. The van der Waals surface area contributed by atoms with Crippen molar-refractivity contribution in [2.24, 2.45) is 0 Å². The third-order valence-electron chi connectivity index (χ3n) is 5.97. The van der Waals surface area contributed by atoms with Crippen molar-refractivity contribution in [2.75, 3.05) is 6.54 Å². The van der Waals surface area contributed by atoms with Gasteiger partial charge in [-0.2, -0.15) is 10.2 Å². The number of aromatic nitrogens is 5. The number of hydrogen-bond donors (Lipinski definition) is 1. The van der Waals surface area contributed by atoms with Gasteiger partial charge in [0.1, 0.15) is 0 Å². The number of nitrogens with one attached hydrogen (secondary N) is 1. The van der Waals surface area contributed by atoms with E-state index in [1.807, 2.05) is 12.1 Å². The predicted octanol–water partition coefficient (Wildman–Crippen LogP) is 2.18. The van der Waals surface area contributed by atoms with E-state index in [0.717, 1.165) is 50.0 Å². The number of rotatable bonds is 5. The highest BCUT2D eigenvalue weighted by Gasteiger charge is 2.28. The number of fused-ring (bicyclic) bond motifs is 1. The van der Waals surface area contributed by atoms with E-state index in [-0.39, 0.29) is 5.56 Å². The van der Waals surface area contributed by atoms with E-state index >= 15 is 0 Å². The normalized spacial score (nSPS) is 19.2. The molecule has 1 atom stereocenters. The van der Waals surface area contributed by atoms with E-state index < -0.39 is 0 Å². The van der Waals surface area contributed by atoms with Gasteiger partial charge in [0.2, 0.25) is 0 Å². The number of hydrogen-bond acceptors (Lipinski definition) is 5. The zero-order chi connectivity index (χ0) is 18.9. The van der Waals surface area contributed by atoms with Crippen LogP contribution in [0.4, 0.5) is 0 Å². The van der Waals surface area contributed by atoms with Crippen molar-refractivity contribution in [1.82, 2.24) is 29.9 Å². The quantitative estimate of drug-likeness (QED) is 0.738. The molecule has 0 bridgehead atoms. The second kappa shape index (κ2) is 7.31. The Bertz CT molecular complexity index is 1020. The predicted molar refractivity (Wildman–Crippen MR) is 106 cm³/mol. The highest BCUT2D eigenvalue weighted by molar-refractivity contribution is 5.56. The second-order valence-corrected chi connectivity index (χ2v) is 7.72. The molecule has 0 amide bonds. The summed E-state index contributed by atoms with van der Waals surface area (Å²) >= 11 is 0. The largest absolute Gasteiger partial charge is 0.293 e. The Hall–Kier alpha value is -2.80. The fraction of sp³-hybridized carbons (Fsp3) is 0.429. The molecule has 7 heteroatoms. The van der Waals surface area contributed by atoms with Gasteiger partial charge in [0.05, 0.1) is 17.9 Å². The van der Waals surface area contributed by atoms with Gasteiger partial charge in [0.25, 0.3) is 5.56 Å². The third-order valence-corrected chi connectivity index (χ3v) is 5.97. The third kappa shape index (κ3) is 3.26. The molecule has 1 saturated heterocycles. The molecule has 1 unspecified atom stereocenters. The maximum absolute atomic E-state index is 12.4. The maximum Gasteiger partial charge on any atom is 0.266 e. The Morgan fingerprint density at radius 2 is 2.00 bits per heavy atom. The smallest absolute Gasteiger partial charge is 0.266 e. The van der Waals surface area contributed by atoms with Gasteiger partial charge in [0, 0.05) is 42.3 Å². The van der Waals surface area contributed by atoms with Gasteiger partial charge < -0.3 is 0 Å². The zero-order valence-electron chi connectivity index (χ0n) is 15.8. The number of pyridine rings is 1. The highest BCUT2D eigenvalue weighted by Crippen LogP contribution is 2.27. The van der Waals surface area contributed by atoms with Crippen LogP contribution in [0, 0.1) is 0 Å². The standard InChI is InChI=1S/C21H24N6O/c28-21-7-6-18(15-8-10-22-11-9-15)25-27(21)13-16-3-2-12-26(16)14-20-17-4-1-5-19(17)23-24-20/h6-11,16H,1-5,12-14H2,(H,23,24). The van der Waals surface area contributed by atoms with Crippen molar-refractivity contribution in [2.45, 2.75) is 51.2 Å². The molecule has 3 aromatic heterocycles. The lowest BCUT2D eigenvalue weighted by Gasteiger charge is -2.24. The molecular weight excluding hydrogens is 352 g/mol. The molecule has 5 rings (SSSR count). The van der Waals surface area contributed by atoms with Gasteiger partial charge in [0.15, 0.2) is 0 Å². The minimum absolute atomic E-state index is 0.0506. The maximum atomic E-state index is 12.4. The molecule has 2 aliphatic rings. The summed E-state index contributed by atoms with van der Waals surface area (Å²) in [7, 11) is 0. The van der Waals surface area contributed by atoms with Crippen molar-refractivity contribution in [3.05, 3.63) is 64.0 Å². The van der Waals surface area contributed by atoms with Crippen molar-refractivity contribution < 1.29 is 0 Å². The molecule has 3 aromatic rings. The summed E-state index contributed by atoms with van der Waals surface area (Å²) in [4.78, 5) is 18.9. The zero-order valence-corrected chi connectivity index (χ0v) is 15.8. The summed E-state index contributed by atoms with van der Waals surface area (Å²) in [5.41, 5.74) is 5.64. The van der Waals surface area contributed by atoms with E-state index in [0.29, 0.717) is 12.6 Å². The molecule has 1 aliphatic heterocycles. The first-order valence-corrected chi connectivity index (χ1v) is 10.1. The van der Waals surface area contributed by atoms with Crippen LogP contribution in [0.25, 0.3) is 11.3 Å².